The highest BCUT2D eigenvalue weighted by molar-refractivity contribution is 5.19. The number of hydrogen-bond acceptors (Lipinski definition) is 4. The van der Waals surface area contributed by atoms with Crippen molar-refractivity contribution in [2.75, 3.05) is 0 Å². The van der Waals surface area contributed by atoms with Crippen LogP contribution in [0.25, 0.3) is 0 Å². The van der Waals surface area contributed by atoms with Crippen molar-refractivity contribution in [3.8, 4) is 0 Å². The summed E-state index contributed by atoms with van der Waals surface area (Å²) in [6.07, 6.45) is 13.4. The minimum Gasteiger partial charge on any atom is -0.387 e. The van der Waals surface area contributed by atoms with Gasteiger partial charge in [-0.25, -0.2) is 0 Å². The van der Waals surface area contributed by atoms with Gasteiger partial charge in [0.05, 0.1) is 6.10 Å². The lowest BCUT2D eigenvalue weighted by atomic mass is 9.32. The van der Waals surface area contributed by atoms with Gasteiger partial charge >= 0.3 is 0 Å². The molecule has 1 unspecified atom stereocenters. The first-order chi connectivity index (χ1) is 18.2. The fourth-order valence-corrected chi connectivity index (χ4v) is 13.6. The third-order valence-electron chi connectivity index (χ3n) is 15.7. The van der Waals surface area contributed by atoms with E-state index < -0.39 is 24.6 Å². The third kappa shape index (κ3) is 3.96. The maximum Gasteiger partial charge on any atom is 0.183 e. The Balaban J connectivity index is 1.19. The van der Waals surface area contributed by atoms with Gasteiger partial charge in [-0.05, 0) is 140 Å². The van der Waals surface area contributed by atoms with Gasteiger partial charge in [-0.2, -0.15) is 0 Å². The van der Waals surface area contributed by atoms with Crippen molar-refractivity contribution >= 4 is 0 Å². The summed E-state index contributed by atoms with van der Waals surface area (Å²) in [6.45, 7) is 18.5. The van der Waals surface area contributed by atoms with Gasteiger partial charge in [0.15, 0.2) is 6.29 Å². The second-order valence-electron chi connectivity index (χ2n) is 17.4. The van der Waals surface area contributed by atoms with E-state index in [1.165, 1.54) is 70.6 Å². The summed E-state index contributed by atoms with van der Waals surface area (Å²) in [4.78, 5) is 0. The van der Waals surface area contributed by atoms with Crippen LogP contribution in [0.15, 0.2) is 0 Å². The van der Waals surface area contributed by atoms with Crippen LogP contribution in [0, 0.1) is 62.6 Å². The molecule has 3 N–H and O–H groups in total. The Morgan fingerprint density at radius 1 is 0.692 bits per heavy atom. The molecule has 224 valence electrons. The van der Waals surface area contributed by atoms with E-state index in [1.54, 1.807) is 0 Å². The Hall–Kier alpha value is -0.160. The molecule has 39 heavy (non-hydrogen) atoms. The van der Waals surface area contributed by atoms with Crippen LogP contribution in [0.1, 0.15) is 132 Å². The molecule has 0 bridgehead atoms. The molecule has 5 saturated carbocycles. The maximum absolute atomic E-state index is 10.3. The van der Waals surface area contributed by atoms with Crippen molar-refractivity contribution in [3.05, 3.63) is 0 Å². The highest BCUT2D eigenvalue weighted by atomic mass is 16.6. The van der Waals surface area contributed by atoms with Crippen molar-refractivity contribution in [3.63, 3.8) is 0 Å². The zero-order valence-electron chi connectivity index (χ0n) is 26.2. The van der Waals surface area contributed by atoms with Gasteiger partial charge in [0, 0.05) is 0 Å². The normalized spacial score (nSPS) is 57.2. The summed E-state index contributed by atoms with van der Waals surface area (Å²) < 4.78 is 5.48. The molecule has 4 nitrogen and oxygen atoms in total. The predicted molar refractivity (Wildman–Crippen MR) is 156 cm³/mol. The van der Waals surface area contributed by atoms with Crippen molar-refractivity contribution < 1.29 is 20.1 Å². The largest absolute Gasteiger partial charge is 0.387 e. The first kappa shape index (κ1) is 28.9. The molecule has 5 aliphatic carbocycles. The van der Waals surface area contributed by atoms with Crippen LogP contribution in [-0.2, 0) is 4.74 Å². The minimum absolute atomic E-state index is 0.444. The number of ether oxygens (including phenoxy) is 1. The third-order valence-corrected chi connectivity index (χ3v) is 15.7. The molecule has 14 atom stereocenters. The summed E-state index contributed by atoms with van der Waals surface area (Å²) in [5, 5.41) is 30.0. The predicted octanol–water partition coefficient (Wildman–Crippen LogP) is 7.33. The molecule has 4 heteroatoms. The Labute approximate surface area is 239 Å². The fourth-order valence-electron chi connectivity index (χ4n) is 13.6. The Morgan fingerprint density at radius 2 is 1.33 bits per heavy atom. The Bertz CT molecular complexity index is 934. The molecule has 1 saturated heterocycles. The summed E-state index contributed by atoms with van der Waals surface area (Å²) in [6, 6.07) is 0. The average molecular weight is 545 g/mol. The minimum atomic E-state index is -1.25. The molecule has 0 spiro atoms. The summed E-state index contributed by atoms with van der Waals surface area (Å²) >= 11 is 0. The van der Waals surface area contributed by atoms with Gasteiger partial charge in [-0.15, -0.1) is 0 Å². The van der Waals surface area contributed by atoms with Crippen molar-refractivity contribution in [2.24, 2.45) is 62.6 Å². The second kappa shape index (κ2) is 9.42. The van der Waals surface area contributed by atoms with E-state index in [0.717, 1.165) is 36.0 Å². The smallest absolute Gasteiger partial charge is 0.183 e. The number of hydrogen-bond donors (Lipinski definition) is 3. The number of fused-ring (bicyclic) bond motifs is 7. The fraction of sp³-hybridized carbons (Fsp3) is 1.00. The van der Waals surface area contributed by atoms with Crippen LogP contribution >= 0.6 is 0 Å². The first-order valence-corrected chi connectivity index (χ1v) is 16.9. The van der Waals surface area contributed by atoms with Crippen molar-refractivity contribution in [2.45, 2.75) is 157 Å². The topological polar surface area (TPSA) is 69.9 Å². The van der Waals surface area contributed by atoms with Crippen LogP contribution in [0.3, 0.4) is 0 Å². The summed E-state index contributed by atoms with van der Waals surface area (Å²) in [5.74, 6) is 4.74. The number of aliphatic hydroxyl groups excluding tert-OH is 3. The summed E-state index contributed by atoms with van der Waals surface area (Å²) in [5.41, 5.74) is 2.37. The van der Waals surface area contributed by atoms with Crippen molar-refractivity contribution in [1.29, 1.82) is 0 Å². The molecule has 0 aromatic heterocycles. The van der Waals surface area contributed by atoms with Gasteiger partial charge in [-0.1, -0.05) is 54.9 Å². The van der Waals surface area contributed by atoms with Crippen LogP contribution in [-0.4, -0.2) is 39.9 Å². The lowest BCUT2D eigenvalue weighted by molar-refractivity contribution is -0.241. The molecular formula is C35H60O4. The SMILES string of the molecule is C[C@@H](CC[C@H]1OC(O)[C@H](O)[C@@H]1O)[C@H]1CC[C@]2(C)[C@H]3CC[C@@H]4[C@@]5(C)CCCC(C)(C)[C@@H]5CC[C@@]4(C)[C@]3(C)CC[C@@H]12. The molecule has 6 rings (SSSR count). The molecule has 0 amide bonds. The molecule has 1 aliphatic heterocycles. The van der Waals surface area contributed by atoms with Crippen LogP contribution in [0.5, 0.6) is 0 Å². The monoisotopic (exact) mass is 544 g/mol. The molecule has 6 aliphatic rings. The van der Waals surface area contributed by atoms with Gasteiger partial charge in [0.2, 0.25) is 0 Å². The zero-order chi connectivity index (χ0) is 28.2. The van der Waals surface area contributed by atoms with E-state index in [2.05, 4.69) is 48.5 Å². The van der Waals surface area contributed by atoms with E-state index >= 15 is 0 Å². The maximum atomic E-state index is 10.3. The van der Waals surface area contributed by atoms with E-state index in [4.69, 9.17) is 4.74 Å². The highest BCUT2D eigenvalue weighted by Gasteiger charge is 2.70. The van der Waals surface area contributed by atoms with Gasteiger partial charge in [0.1, 0.15) is 12.2 Å². The molecule has 6 fully saturated rings. The van der Waals surface area contributed by atoms with Crippen LogP contribution in [0.4, 0.5) is 0 Å². The molecular weight excluding hydrogens is 484 g/mol. The Kier molecular flexibility index (Phi) is 6.99. The van der Waals surface area contributed by atoms with E-state index in [-0.39, 0.29) is 0 Å². The second-order valence-corrected chi connectivity index (χ2v) is 17.4. The first-order valence-electron chi connectivity index (χ1n) is 16.9. The molecule has 0 radical (unpaired) electrons. The standard InChI is InChI=1S/C35H60O4/c1-21(9-10-24-28(36)29(37)30(38)39-24)22-13-18-32(4)23(22)14-19-34(6)26(32)11-12-27-33(5)17-8-16-31(2,3)25(33)15-20-35(27,34)7/h21-30,36-38H,8-20H2,1-7H3/t21-,22+,23-,24+,25-,26+,27+,28+,29+,30?,32-,33-,34+,35+/m0/s1. The van der Waals surface area contributed by atoms with E-state index in [1.807, 2.05) is 0 Å². The summed E-state index contributed by atoms with van der Waals surface area (Å²) in [7, 11) is 0. The Morgan fingerprint density at radius 3 is 1.97 bits per heavy atom. The highest BCUT2D eigenvalue weighted by Crippen LogP contribution is 2.78. The molecule has 0 aromatic carbocycles. The average Bonchev–Trinajstić information content (AvgIpc) is 3.33. The van der Waals surface area contributed by atoms with E-state index in [9.17, 15) is 15.3 Å². The number of rotatable bonds is 4. The van der Waals surface area contributed by atoms with Gasteiger partial charge in [0.25, 0.3) is 0 Å². The lowest BCUT2D eigenvalue weighted by Crippen LogP contribution is -2.65. The quantitative estimate of drug-likeness (QED) is 0.346. The molecule has 0 aromatic rings. The lowest BCUT2D eigenvalue weighted by Gasteiger charge is -2.73. The van der Waals surface area contributed by atoms with Crippen LogP contribution in [0.2, 0.25) is 0 Å². The molecule has 1 heterocycles. The van der Waals surface area contributed by atoms with Crippen molar-refractivity contribution in [1.82, 2.24) is 0 Å². The van der Waals surface area contributed by atoms with Gasteiger partial charge in [-0.3, -0.25) is 0 Å². The number of aliphatic hydroxyl groups is 3. The van der Waals surface area contributed by atoms with Crippen LogP contribution < -0.4 is 0 Å². The van der Waals surface area contributed by atoms with E-state index in [0.29, 0.717) is 39.4 Å². The van der Waals surface area contributed by atoms with Gasteiger partial charge < -0.3 is 20.1 Å². The zero-order valence-corrected chi connectivity index (χ0v) is 26.2.